The first-order valence-corrected chi connectivity index (χ1v) is 8.98. The molecule has 0 bridgehead atoms. The molecule has 6 heteroatoms. The van der Waals surface area contributed by atoms with Crippen molar-refractivity contribution in [2.75, 3.05) is 0 Å². The lowest BCUT2D eigenvalue weighted by Gasteiger charge is -2.04. The van der Waals surface area contributed by atoms with Gasteiger partial charge in [-0.25, -0.2) is 4.98 Å². The lowest BCUT2D eigenvalue weighted by molar-refractivity contribution is 1.07. The fourth-order valence-electron chi connectivity index (χ4n) is 2.69. The van der Waals surface area contributed by atoms with Crippen molar-refractivity contribution < 1.29 is 0 Å². The summed E-state index contributed by atoms with van der Waals surface area (Å²) in [5.41, 5.74) is 4.61. The Bertz CT molecular complexity index is 1040. The van der Waals surface area contributed by atoms with Crippen molar-refractivity contribution in [2.24, 2.45) is 0 Å². The highest BCUT2D eigenvalue weighted by Gasteiger charge is 2.19. The standard InChI is InChI=1S/C18H11BrN4S/c19-13-6-4-12(5-7-13)17-15(8-9-20)23-16(11-24-18(23)22-17)14-3-1-2-10-21-14/h1-7,10-11H,8H2. The van der Waals surface area contributed by atoms with Gasteiger partial charge in [-0.15, -0.1) is 11.3 Å². The Hall–Kier alpha value is -2.49. The molecule has 0 aliphatic heterocycles. The summed E-state index contributed by atoms with van der Waals surface area (Å²) in [6.45, 7) is 0. The molecule has 3 heterocycles. The minimum atomic E-state index is 0.295. The Balaban J connectivity index is 1.97. The van der Waals surface area contributed by atoms with E-state index < -0.39 is 0 Å². The van der Waals surface area contributed by atoms with Gasteiger partial charge in [-0.1, -0.05) is 34.1 Å². The van der Waals surface area contributed by atoms with Gasteiger partial charge in [0.15, 0.2) is 4.96 Å². The number of imidazole rings is 1. The van der Waals surface area contributed by atoms with Crippen molar-refractivity contribution in [3.63, 3.8) is 0 Å². The molecule has 1 aromatic carbocycles. The molecule has 0 unspecified atom stereocenters. The van der Waals surface area contributed by atoms with Gasteiger partial charge in [0.25, 0.3) is 0 Å². The average molecular weight is 395 g/mol. The van der Waals surface area contributed by atoms with Crippen LogP contribution in [0, 0.1) is 11.3 Å². The van der Waals surface area contributed by atoms with E-state index in [-0.39, 0.29) is 0 Å². The molecular formula is C18H11BrN4S. The van der Waals surface area contributed by atoms with Crippen LogP contribution in [0.3, 0.4) is 0 Å². The second-order valence-corrected chi connectivity index (χ2v) is 6.96. The third kappa shape index (κ3) is 2.52. The van der Waals surface area contributed by atoms with E-state index in [0.29, 0.717) is 6.42 Å². The van der Waals surface area contributed by atoms with Gasteiger partial charge in [0.2, 0.25) is 0 Å². The first-order valence-electron chi connectivity index (χ1n) is 7.31. The SMILES string of the molecule is N#CCc1c(-c2ccc(Br)cc2)nc2scc(-c3ccccn3)n12. The summed E-state index contributed by atoms with van der Waals surface area (Å²) in [4.78, 5) is 10.1. The number of pyridine rings is 1. The molecule has 4 aromatic rings. The molecule has 3 aromatic heterocycles. The maximum atomic E-state index is 9.30. The Morgan fingerprint density at radius 3 is 2.71 bits per heavy atom. The molecule has 4 nitrogen and oxygen atoms in total. The predicted molar refractivity (Wildman–Crippen MR) is 98.8 cm³/mol. The number of benzene rings is 1. The van der Waals surface area contributed by atoms with Gasteiger partial charge in [0, 0.05) is 21.6 Å². The molecule has 0 radical (unpaired) electrons. The van der Waals surface area contributed by atoms with Crippen LogP contribution in [0.1, 0.15) is 5.69 Å². The van der Waals surface area contributed by atoms with Crippen LogP contribution in [0.25, 0.3) is 27.6 Å². The highest BCUT2D eigenvalue weighted by atomic mass is 79.9. The van der Waals surface area contributed by atoms with Crippen LogP contribution >= 0.6 is 27.3 Å². The monoisotopic (exact) mass is 394 g/mol. The highest BCUT2D eigenvalue weighted by Crippen LogP contribution is 2.32. The Labute approximate surface area is 151 Å². The van der Waals surface area contributed by atoms with Crippen molar-refractivity contribution in [2.45, 2.75) is 6.42 Å². The topological polar surface area (TPSA) is 54.0 Å². The predicted octanol–water partition coefficient (Wildman–Crippen LogP) is 4.95. The first kappa shape index (κ1) is 15.1. The summed E-state index contributed by atoms with van der Waals surface area (Å²) >= 11 is 5.01. The third-order valence-electron chi connectivity index (χ3n) is 3.75. The van der Waals surface area contributed by atoms with Gasteiger partial charge in [0.1, 0.15) is 0 Å². The molecule has 0 amide bonds. The third-order valence-corrected chi connectivity index (χ3v) is 5.10. The van der Waals surface area contributed by atoms with Crippen molar-refractivity contribution in [1.29, 1.82) is 5.26 Å². The Kier molecular flexibility index (Phi) is 3.89. The number of rotatable bonds is 3. The zero-order valence-electron chi connectivity index (χ0n) is 12.5. The Morgan fingerprint density at radius 1 is 1.17 bits per heavy atom. The maximum absolute atomic E-state index is 9.30. The maximum Gasteiger partial charge on any atom is 0.195 e. The largest absolute Gasteiger partial charge is 0.284 e. The molecule has 0 aliphatic carbocycles. The number of thiazole rings is 1. The van der Waals surface area contributed by atoms with Gasteiger partial charge in [-0.3, -0.25) is 9.38 Å². The molecular weight excluding hydrogens is 384 g/mol. The first-order chi connectivity index (χ1) is 11.8. The summed E-state index contributed by atoms with van der Waals surface area (Å²) in [5.74, 6) is 0. The van der Waals surface area contributed by atoms with Gasteiger partial charge in [0.05, 0.1) is 35.3 Å². The Morgan fingerprint density at radius 2 is 2.00 bits per heavy atom. The molecule has 24 heavy (non-hydrogen) atoms. The van der Waals surface area contributed by atoms with Crippen molar-refractivity contribution in [3.8, 4) is 28.7 Å². The summed E-state index contributed by atoms with van der Waals surface area (Å²) in [6.07, 6.45) is 2.07. The number of nitrogens with zero attached hydrogens (tertiary/aromatic N) is 4. The lowest BCUT2D eigenvalue weighted by atomic mass is 10.1. The molecule has 0 saturated carbocycles. The van der Waals surface area contributed by atoms with Crippen LogP contribution in [-0.4, -0.2) is 14.4 Å². The van der Waals surface area contributed by atoms with Gasteiger partial charge < -0.3 is 0 Å². The van der Waals surface area contributed by atoms with Crippen molar-refractivity contribution in [3.05, 3.63) is 64.2 Å². The van der Waals surface area contributed by atoms with Crippen LogP contribution in [0.4, 0.5) is 0 Å². The van der Waals surface area contributed by atoms with E-state index in [1.165, 1.54) is 0 Å². The summed E-state index contributed by atoms with van der Waals surface area (Å²) in [6, 6.07) is 16.1. The second kappa shape index (κ2) is 6.19. The molecule has 0 atom stereocenters. The second-order valence-electron chi connectivity index (χ2n) is 5.20. The van der Waals surface area contributed by atoms with E-state index in [4.69, 9.17) is 4.98 Å². The number of fused-ring (bicyclic) bond motifs is 1. The van der Waals surface area contributed by atoms with Crippen LogP contribution in [0.5, 0.6) is 0 Å². The number of nitriles is 1. The molecule has 0 fully saturated rings. The van der Waals surface area contributed by atoms with E-state index in [0.717, 1.165) is 37.8 Å². The smallest absolute Gasteiger partial charge is 0.195 e. The number of hydrogen-bond acceptors (Lipinski definition) is 4. The summed E-state index contributed by atoms with van der Waals surface area (Å²) in [7, 11) is 0. The van der Waals surface area contributed by atoms with Gasteiger partial charge in [-0.2, -0.15) is 5.26 Å². The van der Waals surface area contributed by atoms with Crippen molar-refractivity contribution >= 4 is 32.2 Å². The quantitative estimate of drug-likeness (QED) is 0.493. The fourth-order valence-corrected chi connectivity index (χ4v) is 3.85. The van der Waals surface area contributed by atoms with Crippen LogP contribution in [0.15, 0.2) is 58.5 Å². The molecule has 4 rings (SSSR count). The normalized spacial score (nSPS) is 10.8. The molecule has 0 spiro atoms. The molecule has 0 saturated heterocycles. The lowest BCUT2D eigenvalue weighted by Crippen LogP contribution is -1.96. The minimum absolute atomic E-state index is 0.295. The average Bonchev–Trinajstić information content (AvgIpc) is 3.17. The van der Waals surface area contributed by atoms with E-state index in [1.54, 1.807) is 17.5 Å². The summed E-state index contributed by atoms with van der Waals surface area (Å²) < 4.78 is 3.07. The van der Waals surface area contributed by atoms with Gasteiger partial charge >= 0.3 is 0 Å². The minimum Gasteiger partial charge on any atom is -0.284 e. The highest BCUT2D eigenvalue weighted by molar-refractivity contribution is 9.10. The van der Waals surface area contributed by atoms with E-state index >= 15 is 0 Å². The molecule has 0 N–H and O–H groups in total. The van der Waals surface area contributed by atoms with Gasteiger partial charge in [-0.05, 0) is 24.3 Å². The molecule has 116 valence electrons. The number of halogens is 1. The fraction of sp³-hybridized carbons (Fsp3) is 0.0556. The zero-order chi connectivity index (χ0) is 16.5. The van der Waals surface area contributed by atoms with E-state index in [1.807, 2.05) is 52.2 Å². The molecule has 0 aliphatic rings. The zero-order valence-corrected chi connectivity index (χ0v) is 14.9. The van der Waals surface area contributed by atoms with Crippen LogP contribution in [-0.2, 0) is 6.42 Å². The number of hydrogen-bond donors (Lipinski definition) is 0. The van der Waals surface area contributed by atoms with Crippen molar-refractivity contribution in [1.82, 2.24) is 14.4 Å². The van der Waals surface area contributed by atoms with E-state index in [9.17, 15) is 5.26 Å². The van der Waals surface area contributed by atoms with Crippen LogP contribution in [0.2, 0.25) is 0 Å². The van der Waals surface area contributed by atoms with E-state index in [2.05, 4.69) is 27.0 Å². The summed E-state index contributed by atoms with van der Waals surface area (Å²) in [5, 5.41) is 11.3. The number of aromatic nitrogens is 3. The van der Waals surface area contributed by atoms with Crippen LogP contribution < -0.4 is 0 Å².